The van der Waals surface area contributed by atoms with Gasteiger partial charge >= 0.3 is 6.72 Å². The molecular weight excluding hydrogens is 393 g/mol. The molecule has 0 radical (unpaired) electrons. The van der Waals surface area contributed by atoms with Gasteiger partial charge in [0.1, 0.15) is 5.75 Å². The third-order valence-electron chi connectivity index (χ3n) is 3.03. The van der Waals surface area contributed by atoms with Crippen molar-refractivity contribution in [1.29, 1.82) is 0 Å². The highest BCUT2D eigenvalue weighted by molar-refractivity contribution is 8.07. The number of sulfonamides is 1. The summed E-state index contributed by atoms with van der Waals surface area (Å²) in [7, 11) is -3.59. The fraction of sp³-hybridized carbons (Fsp3) is 0.571. The van der Waals surface area contributed by atoms with E-state index in [2.05, 4.69) is 0 Å². The number of hydrogen-bond acceptors (Lipinski definition) is 6. The molecule has 0 aliphatic heterocycles. The van der Waals surface area contributed by atoms with Crippen LogP contribution in [0.4, 0.5) is 0 Å². The van der Waals surface area contributed by atoms with Gasteiger partial charge in [-0.1, -0.05) is 25.4 Å². The molecule has 0 saturated carbocycles. The smallest absolute Gasteiger partial charge is 0.380 e. The van der Waals surface area contributed by atoms with Crippen molar-refractivity contribution in [1.82, 2.24) is 4.31 Å². The van der Waals surface area contributed by atoms with Gasteiger partial charge < -0.3 is 4.52 Å². The average Bonchev–Trinajstić information content (AvgIpc) is 2.50. The molecule has 6 nitrogen and oxygen atoms in total. The zero-order valence-electron chi connectivity index (χ0n) is 14.2. The molecule has 0 aliphatic rings. The van der Waals surface area contributed by atoms with Gasteiger partial charge in [-0.3, -0.25) is 9.05 Å². The number of rotatable bonds is 10. The van der Waals surface area contributed by atoms with E-state index in [4.69, 9.17) is 37.0 Å². The molecule has 0 heterocycles. The quantitative estimate of drug-likeness (QED) is 0.537. The van der Waals surface area contributed by atoms with E-state index in [1.807, 2.05) is 0 Å². The van der Waals surface area contributed by atoms with E-state index in [0.29, 0.717) is 26.3 Å². The largest absolute Gasteiger partial charge is 0.423 e. The Bertz CT molecular complexity index is 684. The summed E-state index contributed by atoms with van der Waals surface area (Å²) in [6.07, 6.45) is 0. The van der Waals surface area contributed by atoms with Crippen LogP contribution in [-0.4, -0.2) is 39.0 Å². The van der Waals surface area contributed by atoms with Crippen LogP contribution in [-0.2, 0) is 30.9 Å². The summed E-state index contributed by atoms with van der Waals surface area (Å²) in [4.78, 5) is 0.102. The zero-order valence-corrected chi connectivity index (χ0v) is 17.5. The Morgan fingerprint density at radius 1 is 1.12 bits per heavy atom. The van der Waals surface area contributed by atoms with Gasteiger partial charge in [0.25, 0.3) is 0 Å². The van der Waals surface area contributed by atoms with Crippen LogP contribution in [0.2, 0.25) is 5.02 Å². The number of hydrogen-bond donors (Lipinski definition) is 0. The Morgan fingerprint density at radius 2 is 1.67 bits per heavy atom. The van der Waals surface area contributed by atoms with Crippen LogP contribution in [0.1, 0.15) is 27.7 Å². The minimum absolute atomic E-state index is 0.102. The lowest BCUT2D eigenvalue weighted by atomic mass is 10.3. The Kier molecular flexibility index (Phi) is 8.62. The fourth-order valence-electron chi connectivity index (χ4n) is 1.96. The van der Waals surface area contributed by atoms with Gasteiger partial charge in [0.2, 0.25) is 10.0 Å². The third-order valence-corrected chi connectivity index (χ3v) is 7.80. The van der Waals surface area contributed by atoms with Gasteiger partial charge in [-0.05, 0) is 32.0 Å². The number of benzene rings is 1. The van der Waals surface area contributed by atoms with Crippen LogP contribution in [0.5, 0.6) is 5.75 Å². The van der Waals surface area contributed by atoms with Crippen molar-refractivity contribution in [2.45, 2.75) is 32.6 Å². The summed E-state index contributed by atoms with van der Waals surface area (Å²) in [6, 6.07) is 4.26. The Balaban J connectivity index is 3.14. The molecule has 1 rings (SSSR count). The third kappa shape index (κ3) is 5.39. The topological polar surface area (TPSA) is 65.1 Å². The molecule has 0 fully saturated rings. The maximum absolute atomic E-state index is 12.5. The molecule has 0 aromatic heterocycles. The monoisotopic (exact) mass is 415 g/mol. The predicted octanol–water partition coefficient (Wildman–Crippen LogP) is 4.05. The minimum atomic E-state index is -3.59. The molecule has 0 spiro atoms. The van der Waals surface area contributed by atoms with E-state index in [9.17, 15) is 8.42 Å². The van der Waals surface area contributed by atoms with Crippen LogP contribution >= 0.6 is 18.3 Å². The Morgan fingerprint density at radius 3 is 2.08 bits per heavy atom. The molecule has 0 unspecified atom stereocenters. The first-order chi connectivity index (χ1) is 11.2. The maximum atomic E-state index is 12.5. The molecule has 0 N–H and O–H groups in total. The van der Waals surface area contributed by atoms with Crippen LogP contribution in [0.25, 0.3) is 0 Å². The molecular formula is C14H23ClNO5PS2. The van der Waals surface area contributed by atoms with Crippen molar-refractivity contribution < 1.29 is 22.0 Å². The van der Waals surface area contributed by atoms with E-state index in [-0.39, 0.29) is 15.7 Å². The first-order valence-electron chi connectivity index (χ1n) is 7.62. The van der Waals surface area contributed by atoms with Gasteiger partial charge in [-0.15, -0.1) is 0 Å². The summed E-state index contributed by atoms with van der Waals surface area (Å²) in [5.74, 6) is 0.236. The second kappa shape index (κ2) is 9.48. The minimum Gasteiger partial charge on any atom is -0.423 e. The van der Waals surface area contributed by atoms with Crippen molar-refractivity contribution in [2.24, 2.45) is 0 Å². The van der Waals surface area contributed by atoms with Crippen LogP contribution in [0.15, 0.2) is 23.1 Å². The van der Waals surface area contributed by atoms with Gasteiger partial charge in [-0.2, -0.15) is 4.31 Å². The second-order valence-corrected chi connectivity index (χ2v) is 9.84. The van der Waals surface area contributed by atoms with E-state index >= 15 is 0 Å². The van der Waals surface area contributed by atoms with E-state index in [1.54, 1.807) is 27.7 Å². The van der Waals surface area contributed by atoms with Gasteiger partial charge in [0.15, 0.2) is 0 Å². The molecule has 0 saturated heterocycles. The van der Waals surface area contributed by atoms with Gasteiger partial charge in [0.05, 0.1) is 23.1 Å². The van der Waals surface area contributed by atoms with Crippen molar-refractivity contribution in [3.63, 3.8) is 0 Å². The highest BCUT2D eigenvalue weighted by atomic mass is 35.5. The Hall–Kier alpha value is -0.210. The molecule has 0 bridgehead atoms. The predicted molar refractivity (Wildman–Crippen MR) is 99.7 cm³/mol. The SMILES string of the molecule is CCOP(=S)(OCC)Oc1ccc(S(=O)(=O)N(CC)CC)cc1Cl. The number of halogens is 1. The molecule has 0 atom stereocenters. The lowest BCUT2D eigenvalue weighted by Gasteiger charge is -2.22. The first kappa shape index (κ1) is 21.8. The molecule has 10 heteroatoms. The fourth-order valence-corrected chi connectivity index (χ4v) is 5.86. The second-order valence-electron chi connectivity index (χ2n) is 4.56. The van der Waals surface area contributed by atoms with Crippen LogP contribution < -0.4 is 4.52 Å². The van der Waals surface area contributed by atoms with E-state index < -0.39 is 16.7 Å². The molecule has 0 aliphatic carbocycles. The van der Waals surface area contributed by atoms with Crippen molar-refractivity contribution in [2.75, 3.05) is 26.3 Å². The normalized spacial score (nSPS) is 12.6. The summed E-state index contributed by atoms with van der Waals surface area (Å²) >= 11 is 11.5. The lowest BCUT2D eigenvalue weighted by Crippen LogP contribution is -2.30. The van der Waals surface area contributed by atoms with Crippen molar-refractivity contribution in [3.8, 4) is 5.75 Å². The van der Waals surface area contributed by atoms with E-state index in [0.717, 1.165) is 0 Å². The molecule has 24 heavy (non-hydrogen) atoms. The molecule has 1 aromatic rings. The van der Waals surface area contributed by atoms with Crippen molar-refractivity contribution >= 4 is 40.1 Å². The molecule has 0 amide bonds. The van der Waals surface area contributed by atoms with Gasteiger partial charge in [0, 0.05) is 24.9 Å². The van der Waals surface area contributed by atoms with Crippen molar-refractivity contribution in [3.05, 3.63) is 23.2 Å². The summed E-state index contributed by atoms with van der Waals surface area (Å²) in [5, 5.41) is 0.136. The van der Waals surface area contributed by atoms with Gasteiger partial charge in [-0.25, -0.2) is 8.42 Å². The number of nitrogens with zero attached hydrogens (tertiary/aromatic N) is 1. The summed E-state index contributed by atoms with van der Waals surface area (Å²) in [6.45, 7) is 5.59. The standard InChI is InChI=1S/C14H23ClNO5PS2/c1-5-16(6-2)24(17,18)12-9-10-14(13(15)11-12)21-22(23,19-7-3)20-8-4/h9-11H,5-8H2,1-4H3. The highest BCUT2D eigenvalue weighted by Gasteiger charge is 2.25. The summed E-state index contributed by atoms with van der Waals surface area (Å²) in [5.41, 5.74) is 0. The first-order valence-corrected chi connectivity index (χ1v) is 12.0. The van der Waals surface area contributed by atoms with Crippen LogP contribution in [0, 0.1) is 0 Å². The zero-order chi connectivity index (χ0) is 18.4. The summed E-state index contributed by atoms with van der Waals surface area (Å²) < 4.78 is 42.8. The molecule has 138 valence electrons. The van der Waals surface area contributed by atoms with Crippen LogP contribution in [0.3, 0.4) is 0 Å². The lowest BCUT2D eigenvalue weighted by molar-refractivity contribution is 0.218. The Labute approximate surface area is 154 Å². The van der Waals surface area contributed by atoms with E-state index in [1.165, 1.54) is 22.5 Å². The average molecular weight is 416 g/mol. The highest BCUT2D eigenvalue weighted by Crippen LogP contribution is 2.51. The maximum Gasteiger partial charge on any atom is 0.380 e. The molecule has 1 aromatic carbocycles.